The van der Waals surface area contributed by atoms with Crippen molar-refractivity contribution in [2.45, 2.75) is 63.1 Å². The highest BCUT2D eigenvalue weighted by atomic mass is 16.3. The van der Waals surface area contributed by atoms with Gasteiger partial charge in [0.2, 0.25) is 0 Å². The lowest BCUT2D eigenvalue weighted by molar-refractivity contribution is 0.135. The van der Waals surface area contributed by atoms with E-state index in [-0.39, 0.29) is 12.1 Å². The summed E-state index contributed by atoms with van der Waals surface area (Å²) in [4.78, 5) is 16.7. The van der Waals surface area contributed by atoms with Crippen molar-refractivity contribution >= 4 is 6.03 Å². The second-order valence-corrected chi connectivity index (χ2v) is 7.83. The number of hydrogen-bond donors (Lipinski definition) is 2. The number of nitrogens with one attached hydrogen (secondary N) is 1. The zero-order chi connectivity index (χ0) is 18.4. The molecule has 1 aromatic carbocycles. The predicted molar refractivity (Wildman–Crippen MR) is 104 cm³/mol. The van der Waals surface area contributed by atoms with Gasteiger partial charge in [0.05, 0.1) is 6.10 Å². The molecule has 2 aliphatic rings. The first-order valence-electron chi connectivity index (χ1n) is 10.1. The molecule has 1 heterocycles. The highest BCUT2D eigenvalue weighted by Gasteiger charge is 2.28. The monoisotopic (exact) mass is 359 g/mol. The largest absolute Gasteiger partial charge is 0.388 e. The maximum atomic E-state index is 12.4. The van der Waals surface area contributed by atoms with Gasteiger partial charge in [-0.25, -0.2) is 4.79 Å². The average Bonchev–Trinajstić information content (AvgIpc) is 3.22. The summed E-state index contributed by atoms with van der Waals surface area (Å²) in [5.41, 5.74) is 0.903. The average molecular weight is 360 g/mol. The fourth-order valence-electron chi connectivity index (χ4n) is 4.22. The summed E-state index contributed by atoms with van der Waals surface area (Å²) >= 11 is 0. The van der Waals surface area contributed by atoms with Crippen LogP contribution in [0.3, 0.4) is 0 Å². The highest BCUT2D eigenvalue weighted by Crippen LogP contribution is 2.26. The molecule has 0 bridgehead atoms. The Kier molecular flexibility index (Phi) is 6.92. The molecule has 1 aliphatic carbocycles. The molecule has 0 aromatic heterocycles. The van der Waals surface area contributed by atoms with Gasteiger partial charge < -0.3 is 20.2 Å². The van der Waals surface area contributed by atoms with Crippen molar-refractivity contribution in [3.8, 4) is 0 Å². The summed E-state index contributed by atoms with van der Waals surface area (Å²) in [5.74, 6) is 0. The number of piperidine rings is 1. The summed E-state index contributed by atoms with van der Waals surface area (Å²) in [6.45, 7) is 2.75. The summed E-state index contributed by atoms with van der Waals surface area (Å²) in [7, 11) is 1.81. The summed E-state index contributed by atoms with van der Waals surface area (Å²) in [5, 5.41) is 13.4. The number of likely N-dealkylation sites (tertiary alicyclic amines) is 1. The number of benzene rings is 1. The second kappa shape index (κ2) is 9.38. The molecular weight excluding hydrogens is 326 g/mol. The third-order valence-electron chi connectivity index (χ3n) is 5.97. The second-order valence-electron chi connectivity index (χ2n) is 7.83. The number of nitrogens with zero attached hydrogens (tertiary/aromatic N) is 2. The third-order valence-corrected chi connectivity index (χ3v) is 5.97. The molecule has 1 atom stereocenters. The third kappa shape index (κ3) is 5.21. The first kappa shape index (κ1) is 19.2. The SMILES string of the molecule is CN(CC[C@H](O)c1ccccc1)C(=O)NC1CCN(C2CCCC2)CC1. The molecule has 3 rings (SSSR count). The number of carbonyl (C=O) groups is 1. The molecule has 1 saturated carbocycles. The van der Waals surface area contributed by atoms with Crippen molar-refractivity contribution in [1.29, 1.82) is 0 Å². The fraction of sp³-hybridized carbons (Fsp3) is 0.667. The lowest BCUT2D eigenvalue weighted by atomic mass is 10.0. The molecule has 1 aliphatic heterocycles. The number of rotatable bonds is 6. The Bertz CT molecular complexity index is 552. The lowest BCUT2D eigenvalue weighted by Gasteiger charge is -2.36. The van der Waals surface area contributed by atoms with E-state index in [2.05, 4.69) is 10.2 Å². The summed E-state index contributed by atoms with van der Waals surface area (Å²) in [6, 6.07) is 10.7. The van der Waals surface area contributed by atoms with Crippen molar-refractivity contribution < 1.29 is 9.90 Å². The molecule has 2 N–H and O–H groups in total. The molecule has 0 unspecified atom stereocenters. The van der Waals surface area contributed by atoms with Gasteiger partial charge in [0, 0.05) is 38.8 Å². The van der Waals surface area contributed by atoms with Crippen LogP contribution >= 0.6 is 0 Å². The maximum Gasteiger partial charge on any atom is 0.317 e. The molecule has 26 heavy (non-hydrogen) atoms. The maximum absolute atomic E-state index is 12.4. The molecule has 0 radical (unpaired) electrons. The summed E-state index contributed by atoms with van der Waals surface area (Å²) < 4.78 is 0. The smallest absolute Gasteiger partial charge is 0.317 e. The molecule has 0 spiro atoms. The zero-order valence-corrected chi connectivity index (χ0v) is 15.9. The number of amides is 2. The van der Waals surface area contributed by atoms with E-state index in [9.17, 15) is 9.90 Å². The normalized spacial score (nSPS) is 20.8. The quantitative estimate of drug-likeness (QED) is 0.820. The molecular formula is C21H33N3O2. The van der Waals surface area contributed by atoms with Gasteiger partial charge >= 0.3 is 6.03 Å². The van der Waals surface area contributed by atoms with E-state index in [1.807, 2.05) is 30.3 Å². The van der Waals surface area contributed by atoms with Gasteiger partial charge in [-0.2, -0.15) is 0 Å². The minimum atomic E-state index is -0.527. The van der Waals surface area contributed by atoms with E-state index in [1.54, 1.807) is 11.9 Å². The van der Waals surface area contributed by atoms with Crippen molar-refractivity contribution in [2.75, 3.05) is 26.7 Å². The van der Waals surface area contributed by atoms with Crippen LogP contribution in [-0.2, 0) is 0 Å². The van der Waals surface area contributed by atoms with E-state index >= 15 is 0 Å². The Labute approximate surface area is 157 Å². The minimum absolute atomic E-state index is 0.0235. The first-order chi connectivity index (χ1) is 12.6. The Morgan fingerprint density at radius 3 is 2.50 bits per heavy atom. The van der Waals surface area contributed by atoms with Gasteiger partial charge in [0.15, 0.2) is 0 Å². The van der Waals surface area contributed by atoms with Crippen molar-refractivity contribution in [3.63, 3.8) is 0 Å². The van der Waals surface area contributed by atoms with Crippen LogP contribution in [0.15, 0.2) is 30.3 Å². The van der Waals surface area contributed by atoms with Gasteiger partial charge in [-0.3, -0.25) is 0 Å². The molecule has 2 amide bonds. The van der Waals surface area contributed by atoms with Crippen LogP contribution in [0.5, 0.6) is 0 Å². The van der Waals surface area contributed by atoms with Crippen molar-refractivity contribution in [1.82, 2.24) is 15.1 Å². The Hall–Kier alpha value is -1.59. The van der Waals surface area contributed by atoms with Crippen LogP contribution in [-0.4, -0.2) is 59.7 Å². The Balaban J connectivity index is 1.36. The van der Waals surface area contributed by atoms with Gasteiger partial charge in [-0.05, 0) is 37.7 Å². The molecule has 5 nitrogen and oxygen atoms in total. The topological polar surface area (TPSA) is 55.8 Å². The lowest BCUT2D eigenvalue weighted by Crippen LogP contribution is -2.50. The molecule has 144 valence electrons. The van der Waals surface area contributed by atoms with Crippen LogP contribution in [0.4, 0.5) is 4.79 Å². The van der Waals surface area contributed by atoms with E-state index in [1.165, 1.54) is 25.7 Å². The number of aliphatic hydroxyl groups is 1. The van der Waals surface area contributed by atoms with Crippen LogP contribution in [0.25, 0.3) is 0 Å². The van der Waals surface area contributed by atoms with E-state index in [0.717, 1.165) is 37.5 Å². The van der Waals surface area contributed by atoms with Crippen LogP contribution in [0.1, 0.15) is 56.6 Å². The van der Waals surface area contributed by atoms with Gasteiger partial charge in [-0.15, -0.1) is 0 Å². The van der Waals surface area contributed by atoms with E-state index < -0.39 is 6.10 Å². The molecule has 1 saturated heterocycles. The summed E-state index contributed by atoms with van der Waals surface area (Å²) in [6.07, 6.45) is 7.56. The zero-order valence-electron chi connectivity index (χ0n) is 15.9. The van der Waals surface area contributed by atoms with Crippen molar-refractivity contribution in [2.24, 2.45) is 0 Å². The molecule has 5 heteroatoms. The van der Waals surface area contributed by atoms with Gasteiger partial charge in [0.25, 0.3) is 0 Å². The Morgan fingerprint density at radius 1 is 1.19 bits per heavy atom. The van der Waals surface area contributed by atoms with Crippen molar-refractivity contribution in [3.05, 3.63) is 35.9 Å². The predicted octanol–water partition coefficient (Wildman–Crippen LogP) is 3.16. The number of carbonyl (C=O) groups excluding carboxylic acids is 1. The van der Waals surface area contributed by atoms with E-state index in [4.69, 9.17) is 0 Å². The molecule has 1 aromatic rings. The number of urea groups is 1. The fourth-order valence-corrected chi connectivity index (χ4v) is 4.22. The van der Waals surface area contributed by atoms with E-state index in [0.29, 0.717) is 13.0 Å². The standard InChI is InChI=1S/C21H33N3O2/c1-23(14-13-20(25)17-7-3-2-4-8-17)21(26)22-18-11-15-24(16-12-18)19-9-5-6-10-19/h2-4,7-8,18-20,25H,5-6,9-16H2,1H3,(H,22,26)/t20-/m0/s1. The van der Waals surface area contributed by atoms with Gasteiger partial charge in [0.1, 0.15) is 0 Å². The van der Waals surface area contributed by atoms with Crippen LogP contribution in [0, 0.1) is 0 Å². The first-order valence-corrected chi connectivity index (χ1v) is 10.1. The number of hydrogen-bond acceptors (Lipinski definition) is 3. The van der Waals surface area contributed by atoms with Crippen LogP contribution < -0.4 is 5.32 Å². The van der Waals surface area contributed by atoms with Crippen LogP contribution in [0.2, 0.25) is 0 Å². The minimum Gasteiger partial charge on any atom is -0.388 e. The number of aliphatic hydroxyl groups excluding tert-OH is 1. The van der Waals surface area contributed by atoms with Gasteiger partial charge in [-0.1, -0.05) is 43.2 Å². The molecule has 2 fully saturated rings. The highest BCUT2D eigenvalue weighted by molar-refractivity contribution is 5.74. The Morgan fingerprint density at radius 2 is 1.85 bits per heavy atom.